The number of fused-ring (bicyclic) bond motifs is 2. The molecular formula is C19H16N4O2. The number of hydrogen-bond acceptors (Lipinski definition) is 3. The van der Waals surface area contributed by atoms with E-state index < -0.39 is 5.91 Å². The molecule has 0 saturated heterocycles. The summed E-state index contributed by atoms with van der Waals surface area (Å²) in [5, 5.41) is 5.41. The average molecular weight is 332 g/mol. The number of hydrogen-bond donors (Lipinski definition) is 1. The van der Waals surface area contributed by atoms with E-state index in [1.165, 1.54) is 4.68 Å². The normalized spacial score (nSPS) is 11.2. The third-order valence-electron chi connectivity index (χ3n) is 4.37. The van der Waals surface area contributed by atoms with Gasteiger partial charge in [0.05, 0.1) is 16.8 Å². The molecule has 2 aliphatic heterocycles. The number of nitrogens with two attached hydrogens (primary N) is 1. The molecular weight excluding hydrogens is 316 g/mol. The van der Waals surface area contributed by atoms with Gasteiger partial charge in [-0.15, -0.1) is 5.10 Å². The highest BCUT2D eigenvalue weighted by Crippen LogP contribution is 2.30. The molecule has 2 N–H and O–H groups in total. The molecule has 0 unspecified atom stereocenters. The van der Waals surface area contributed by atoms with Gasteiger partial charge in [-0.1, -0.05) is 36.4 Å². The topological polar surface area (TPSA) is 82.9 Å². The molecule has 0 fully saturated rings. The van der Waals surface area contributed by atoms with Gasteiger partial charge in [-0.25, -0.2) is 0 Å². The second-order valence-electron chi connectivity index (χ2n) is 5.95. The average Bonchev–Trinajstić information content (AvgIpc) is 2.97. The molecule has 0 aliphatic carbocycles. The fourth-order valence-corrected chi connectivity index (χ4v) is 3.24. The Kier molecular flexibility index (Phi) is 3.39. The van der Waals surface area contributed by atoms with E-state index in [0.717, 1.165) is 16.5 Å². The lowest BCUT2D eigenvalue weighted by molar-refractivity contribution is -0.118. The number of carbonyl (C=O) groups is 1. The Morgan fingerprint density at radius 3 is 2.48 bits per heavy atom. The minimum absolute atomic E-state index is 0.0392. The van der Waals surface area contributed by atoms with E-state index in [2.05, 4.69) is 5.10 Å². The lowest BCUT2D eigenvalue weighted by atomic mass is 10.0. The van der Waals surface area contributed by atoms with Gasteiger partial charge in [0.2, 0.25) is 5.91 Å². The first-order valence-electron chi connectivity index (χ1n) is 7.92. The van der Waals surface area contributed by atoms with Crippen LogP contribution in [0.4, 0.5) is 0 Å². The summed E-state index contributed by atoms with van der Waals surface area (Å²) in [6.45, 7) is 1.86. The van der Waals surface area contributed by atoms with Crippen LogP contribution in [0.15, 0.2) is 59.4 Å². The monoisotopic (exact) mass is 332 g/mol. The van der Waals surface area contributed by atoms with Gasteiger partial charge in [0, 0.05) is 5.39 Å². The highest BCUT2D eigenvalue weighted by atomic mass is 16.1. The summed E-state index contributed by atoms with van der Waals surface area (Å²) < 4.78 is 3.08. The molecule has 2 aromatic carbocycles. The van der Waals surface area contributed by atoms with Crippen molar-refractivity contribution in [3.8, 4) is 17.1 Å². The molecule has 1 amide bonds. The Bertz CT molecular complexity index is 1130. The molecule has 0 atom stereocenters. The maximum atomic E-state index is 13.0. The van der Waals surface area contributed by atoms with Crippen LogP contribution in [0, 0.1) is 6.92 Å². The number of primary amides is 1. The van der Waals surface area contributed by atoms with Crippen molar-refractivity contribution < 1.29 is 4.79 Å². The summed E-state index contributed by atoms with van der Waals surface area (Å²) >= 11 is 0. The smallest absolute Gasteiger partial charge is 0.282 e. The number of aryl methyl sites for hydroxylation is 1. The van der Waals surface area contributed by atoms with Crippen LogP contribution in [-0.4, -0.2) is 20.3 Å². The summed E-state index contributed by atoms with van der Waals surface area (Å²) in [5.41, 5.74) is 8.07. The number of carbonyl (C=O) groups excluding carboxylic acids is 1. The maximum Gasteiger partial charge on any atom is 0.282 e. The fourth-order valence-electron chi connectivity index (χ4n) is 3.24. The largest absolute Gasteiger partial charge is 0.368 e. The lowest BCUT2D eigenvalue weighted by Gasteiger charge is -2.15. The van der Waals surface area contributed by atoms with Gasteiger partial charge in [0.1, 0.15) is 6.54 Å². The third-order valence-corrected chi connectivity index (χ3v) is 4.37. The molecule has 124 valence electrons. The predicted molar refractivity (Wildman–Crippen MR) is 95.9 cm³/mol. The summed E-state index contributed by atoms with van der Waals surface area (Å²) in [4.78, 5) is 24.6. The van der Waals surface area contributed by atoms with Crippen LogP contribution in [0.3, 0.4) is 0 Å². The minimum atomic E-state index is -0.484. The van der Waals surface area contributed by atoms with Gasteiger partial charge in [-0.2, -0.15) is 4.68 Å². The highest BCUT2D eigenvalue weighted by Gasteiger charge is 2.24. The van der Waals surface area contributed by atoms with Crippen molar-refractivity contribution in [3.05, 3.63) is 70.5 Å². The second-order valence-corrected chi connectivity index (χ2v) is 5.95. The van der Waals surface area contributed by atoms with E-state index in [0.29, 0.717) is 17.1 Å². The maximum absolute atomic E-state index is 13.0. The SMILES string of the molecule is Cc1c2c(=O)n(-c3ccccc3)nc-2n(CC(N)=O)c2ccccc12. The zero-order chi connectivity index (χ0) is 17.6. The standard InChI is InChI=1S/C19H16N4O2/c1-12-14-9-5-6-10-15(14)22(11-16(20)24)18-17(12)19(25)23(21-18)13-7-3-2-4-8-13/h2-10H,11H2,1H3,(H2,20,24). The second kappa shape index (κ2) is 5.59. The molecule has 2 aromatic rings. The van der Waals surface area contributed by atoms with Crippen LogP contribution in [0.5, 0.6) is 0 Å². The number of amides is 1. The van der Waals surface area contributed by atoms with Crippen molar-refractivity contribution >= 4 is 16.8 Å². The van der Waals surface area contributed by atoms with Crippen LogP contribution >= 0.6 is 0 Å². The van der Waals surface area contributed by atoms with Crippen molar-refractivity contribution in [1.29, 1.82) is 0 Å². The molecule has 4 rings (SSSR count). The van der Waals surface area contributed by atoms with E-state index in [1.807, 2.05) is 61.5 Å². The number of benzene rings is 2. The number of para-hydroxylation sites is 2. The van der Waals surface area contributed by atoms with Crippen LogP contribution < -0.4 is 11.3 Å². The highest BCUT2D eigenvalue weighted by molar-refractivity contribution is 5.91. The molecule has 0 bridgehead atoms. The van der Waals surface area contributed by atoms with E-state index in [9.17, 15) is 9.59 Å². The molecule has 0 saturated carbocycles. The van der Waals surface area contributed by atoms with Crippen LogP contribution in [0.1, 0.15) is 5.56 Å². The molecule has 0 aromatic heterocycles. The number of aromatic nitrogens is 3. The van der Waals surface area contributed by atoms with Gasteiger partial charge in [0.15, 0.2) is 5.82 Å². The molecule has 2 heterocycles. The Labute approximate surface area is 143 Å². The summed E-state index contributed by atoms with van der Waals surface area (Å²) in [7, 11) is 0. The predicted octanol–water partition coefficient (Wildman–Crippen LogP) is 2.09. The Morgan fingerprint density at radius 1 is 1.08 bits per heavy atom. The third kappa shape index (κ3) is 2.30. The van der Waals surface area contributed by atoms with Crippen molar-refractivity contribution in [1.82, 2.24) is 14.3 Å². The fraction of sp³-hybridized carbons (Fsp3) is 0.105. The zero-order valence-electron chi connectivity index (χ0n) is 13.6. The lowest BCUT2D eigenvalue weighted by Crippen LogP contribution is -2.21. The van der Waals surface area contributed by atoms with Gasteiger partial charge in [0.25, 0.3) is 5.56 Å². The first kappa shape index (κ1) is 15.1. The number of nitrogens with zero attached hydrogens (tertiary/aromatic N) is 3. The first-order valence-corrected chi connectivity index (χ1v) is 7.92. The van der Waals surface area contributed by atoms with E-state index in [4.69, 9.17) is 5.73 Å². The van der Waals surface area contributed by atoms with Crippen molar-refractivity contribution in [3.63, 3.8) is 0 Å². The van der Waals surface area contributed by atoms with Gasteiger partial charge >= 0.3 is 0 Å². The Balaban J connectivity index is 2.15. The van der Waals surface area contributed by atoms with Gasteiger partial charge in [-0.05, 0) is 30.7 Å². The Morgan fingerprint density at radius 2 is 1.76 bits per heavy atom. The molecule has 25 heavy (non-hydrogen) atoms. The molecule has 6 nitrogen and oxygen atoms in total. The van der Waals surface area contributed by atoms with Crippen molar-refractivity contribution in [2.75, 3.05) is 0 Å². The number of pyridine rings is 1. The van der Waals surface area contributed by atoms with E-state index in [-0.39, 0.29) is 12.1 Å². The first-order chi connectivity index (χ1) is 12.1. The van der Waals surface area contributed by atoms with Crippen molar-refractivity contribution in [2.24, 2.45) is 5.73 Å². The zero-order valence-corrected chi connectivity index (χ0v) is 13.6. The van der Waals surface area contributed by atoms with E-state index >= 15 is 0 Å². The quantitative estimate of drug-likeness (QED) is 0.623. The molecule has 0 spiro atoms. The van der Waals surface area contributed by atoms with Crippen molar-refractivity contribution in [2.45, 2.75) is 13.5 Å². The molecule has 0 radical (unpaired) electrons. The summed E-state index contributed by atoms with van der Waals surface area (Å²) in [6, 6.07) is 16.8. The van der Waals surface area contributed by atoms with Crippen LogP contribution in [0.25, 0.3) is 28.0 Å². The summed E-state index contributed by atoms with van der Waals surface area (Å²) in [5.74, 6) is -0.0223. The van der Waals surface area contributed by atoms with Crippen LogP contribution in [0.2, 0.25) is 0 Å². The Hall–Kier alpha value is -3.41. The van der Waals surface area contributed by atoms with E-state index in [1.54, 1.807) is 4.57 Å². The van der Waals surface area contributed by atoms with Gasteiger partial charge < -0.3 is 10.3 Å². The minimum Gasteiger partial charge on any atom is -0.368 e. The summed E-state index contributed by atoms with van der Waals surface area (Å²) in [6.07, 6.45) is 0. The molecule has 6 heteroatoms. The number of rotatable bonds is 3. The molecule has 2 aliphatic rings. The van der Waals surface area contributed by atoms with Gasteiger partial charge in [-0.3, -0.25) is 9.59 Å². The van der Waals surface area contributed by atoms with Crippen LogP contribution in [-0.2, 0) is 11.3 Å².